The van der Waals surface area contributed by atoms with Gasteiger partial charge in [0.05, 0.1) is 10.0 Å². The smallest absolute Gasteiger partial charge is 0.0595 e. The standard InChI is InChI=1S/C13H12Cl2N2/c14-12-5-4-9(6-13(12)15)8-17-11-3-1-2-10(16)7-11/h1-7,17H,8,16H2. The molecule has 0 aliphatic rings. The second kappa shape index (κ2) is 5.30. The van der Waals surface area contributed by atoms with Crippen LogP contribution in [0.4, 0.5) is 11.4 Å². The highest BCUT2D eigenvalue weighted by molar-refractivity contribution is 6.42. The van der Waals surface area contributed by atoms with Crippen molar-refractivity contribution < 1.29 is 0 Å². The van der Waals surface area contributed by atoms with Crippen LogP contribution < -0.4 is 11.1 Å². The molecule has 3 N–H and O–H groups in total. The van der Waals surface area contributed by atoms with Crippen LogP contribution in [0.3, 0.4) is 0 Å². The van der Waals surface area contributed by atoms with E-state index in [0.29, 0.717) is 16.6 Å². The molecule has 2 aromatic carbocycles. The van der Waals surface area contributed by atoms with E-state index in [-0.39, 0.29) is 0 Å². The molecule has 0 spiro atoms. The largest absolute Gasteiger partial charge is 0.399 e. The van der Waals surface area contributed by atoms with Crippen LogP contribution in [-0.2, 0) is 6.54 Å². The fourth-order valence-electron chi connectivity index (χ4n) is 1.50. The van der Waals surface area contributed by atoms with E-state index in [4.69, 9.17) is 28.9 Å². The number of hydrogen-bond donors (Lipinski definition) is 2. The molecule has 88 valence electrons. The zero-order chi connectivity index (χ0) is 12.3. The predicted molar refractivity (Wildman–Crippen MR) is 74.6 cm³/mol. The van der Waals surface area contributed by atoms with Gasteiger partial charge in [0.1, 0.15) is 0 Å². The summed E-state index contributed by atoms with van der Waals surface area (Å²) in [5.74, 6) is 0. The third-order valence-electron chi connectivity index (χ3n) is 2.37. The lowest BCUT2D eigenvalue weighted by Crippen LogP contribution is -1.99. The predicted octanol–water partition coefficient (Wildman–Crippen LogP) is 4.19. The lowest BCUT2D eigenvalue weighted by Gasteiger charge is -2.08. The molecule has 2 nitrogen and oxygen atoms in total. The minimum Gasteiger partial charge on any atom is -0.399 e. The molecule has 2 aromatic rings. The Hall–Kier alpha value is -1.38. The molecule has 0 aliphatic heterocycles. The third-order valence-corrected chi connectivity index (χ3v) is 3.11. The average Bonchev–Trinajstić information content (AvgIpc) is 2.31. The van der Waals surface area contributed by atoms with Gasteiger partial charge in [-0.05, 0) is 35.9 Å². The Morgan fingerprint density at radius 2 is 1.82 bits per heavy atom. The van der Waals surface area contributed by atoms with E-state index in [0.717, 1.165) is 16.9 Å². The Labute approximate surface area is 110 Å². The molecule has 0 bridgehead atoms. The van der Waals surface area contributed by atoms with Gasteiger partial charge in [0.15, 0.2) is 0 Å². The van der Waals surface area contributed by atoms with Crippen LogP contribution in [0, 0.1) is 0 Å². The van der Waals surface area contributed by atoms with Crippen molar-refractivity contribution in [3.05, 3.63) is 58.1 Å². The maximum absolute atomic E-state index is 5.94. The molecule has 2 rings (SSSR count). The van der Waals surface area contributed by atoms with E-state index in [1.54, 1.807) is 6.07 Å². The van der Waals surface area contributed by atoms with Crippen molar-refractivity contribution in [3.63, 3.8) is 0 Å². The first-order valence-corrected chi connectivity index (χ1v) is 5.94. The number of rotatable bonds is 3. The Balaban J connectivity index is 2.05. The lowest BCUT2D eigenvalue weighted by molar-refractivity contribution is 1.15. The third kappa shape index (κ3) is 3.29. The summed E-state index contributed by atoms with van der Waals surface area (Å²) in [6, 6.07) is 13.2. The Morgan fingerprint density at radius 3 is 2.53 bits per heavy atom. The summed E-state index contributed by atoms with van der Waals surface area (Å²) < 4.78 is 0. The average molecular weight is 267 g/mol. The van der Waals surface area contributed by atoms with Gasteiger partial charge in [0, 0.05) is 17.9 Å². The van der Waals surface area contributed by atoms with Crippen LogP contribution in [0.2, 0.25) is 10.0 Å². The molecule has 0 amide bonds. The highest BCUT2D eigenvalue weighted by atomic mass is 35.5. The molecule has 0 unspecified atom stereocenters. The zero-order valence-electron chi connectivity index (χ0n) is 9.08. The summed E-state index contributed by atoms with van der Waals surface area (Å²) in [6.07, 6.45) is 0. The first kappa shape index (κ1) is 12.1. The number of hydrogen-bond acceptors (Lipinski definition) is 2. The molecule has 0 atom stereocenters. The highest BCUT2D eigenvalue weighted by Gasteiger charge is 1.99. The van der Waals surface area contributed by atoms with Gasteiger partial charge in [-0.1, -0.05) is 35.3 Å². The summed E-state index contributed by atoms with van der Waals surface area (Å²) >= 11 is 11.8. The number of benzene rings is 2. The van der Waals surface area contributed by atoms with Gasteiger partial charge in [-0.25, -0.2) is 0 Å². The maximum Gasteiger partial charge on any atom is 0.0595 e. The summed E-state index contributed by atoms with van der Waals surface area (Å²) in [4.78, 5) is 0. The van der Waals surface area contributed by atoms with E-state index in [9.17, 15) is 0 Å². The summed E-state index contributed by atoms with van der Waals surface area (Å²) in [5.41, 5.74) is 8.49. The van der Waals surface area contributed by atoms with Gasteiger partial charge in [-0.15, -0.1) is 0 Å². The zero-order valence-corrected chi connectivity index (χ0v) is 10.6. The van der Waals surface area contributed by atoms with Crippen molar-refractivity contribution in [1.82, 2.24) is 0 Å². The number of anilines is 2. The molecule has 0 radical (unpaired) electrons. The van der Waals surface area contributed by atoms with E-state index in [1.807, 2.05) is 36.4 Å². The van der Waals surface area contributed by atoms with Gasteiger partial charge < -0.3 is 11.1 Å². The normalized spacial score (nSPS) is 10.2. The van der Waals surface area contributed by atoms with E-state index >= 15 is 0 Å². The fraction of sp³-hybridized carbons (Fsp3) is 0.0769. The SMILES string of the molecule is Nc1cccc(NCc2ccc(Cl)c(Cl)c2)c1. The quantitative estimate of drug-likeness (QED) is 0.818. The molecule has 17 heavy (non-hydrogen) atoms. The Kier molecular flexibility index (Phi) is 3.77. The van der Waals surface area contributed by atoms with Gasteiger partial charge in [0.2, 0.25) is 0 Å². The second-order valence-corrected chi connectivity index (χ2v) is 4.54. The second-order valence-electron chi connectivity index (χ2n) is 3.73. The number of nitrogen functional groups attached to an aromatic ring is 1. The summed E-state index contributed by atoms with van der Waals surface area (Å²) in [6.45, 7) is 0.681. The molecule has 0 heterocycles. The minimum absolute atomic E-state index is 0.568. The van der Waals surface area contributed by atoms with E-state index in [2.05, 4.69) is 5.32 Å². The Bertz CT molecular complexity index is 527. The molecule has 0 fully saturated rings. The summed E-state index contributed by atoms with van der Waals surface area (Å²) in [7, 11) is 0. The highest BCUT2D eigenvalue weighted by Crippen LogP contribution is 2.23. The first-order valence-electron chi connectivity index (χ1n) is 5.18. The van der Waals surface area contributed by atoms with Crippen molar-refractivity contribution >= 4 is 34.6 Å². The van der Waals surface area contributed by atoms with Crippen LogP contribution in [0.25, 0.3) is 0 Å². The van der Waals surface area contributed by atoms with Gasteiger partial charge >= 0.3 is 0 Å². The van der Waals surface area contributed by atoms with Crippen LogP contribution in [-0.4, -0.2) is 0 Å². The molecular formula is C13H12Cl2N2. The molecule has 4 heteroatoms. The maximum atomic E-state index is 5.94. The van der Waals surface area contributed by atoms with Crippen LogP contribution in [0.5, 0.6) is 0 Å². The topological polar surface area (TPSA) is 38.0 Å². The molecule has 0 aliphatic carbocycles. The van der Waals surface area contributed by atoms with Crippen LogP contribution in [0.15, 0.2) is 42.5 Å². The molecule has 0 aromatic heterocycles. The fourth-order valence-corrected chi connectivity index (χ4v) is 1.82. The Morgan fingerprint density at radius 1 is 1.00 bits per heavy atom. The van der Waals surface area contributed by atoms with Crippen molar-refractivity contribution in [2.24, 2.45) is 0 Å². The monoisotopic (exact) mass is 266 g/mol. The van der Waals surface area contributed by atoms with Gasteiger partial charge in [-0.2, -0.15) is 0 Å². The lowest BCUT2D eigenvalue weighted by atomic mass is 10.2. The number of nitrogens with one attached hydrogen (secondary N) is 1. The van der Waals surface area contributed by atoms with Crippen molar-refractivity contribution in [2.75, 3.05) is 11.1 Å². The van der Waals surface area contributed by atoms with Crippen molar-refractivity contribution in [2.45, 2.75) is 6.54 Å². The molecular weight excluding hydrogens is 255 g/mol. The van der Waals surface area contributed by atoms with E-state index < -0.39 is 0 Å². The number of halogens is 2. The molecule has 0 saturated heterocycles. The van der Waals surface area contributed by atoms with Gasteiger partial charge in [0.25, 0.3) is 0 Å². The van der Waals surface area contributed by atoms with Gasteiger partial charge in [-0.3, -0.25) is 0 Å². The van der Waals surface area contributed by atoms with Crippen molar-refractivity contribution in [3.8, 4) is 0 Å². The summed E-state index contributed by atoms with van der Waals surface area (Å²) in [5, 5.41) is 4.40. The first-order chi connectivity index (χ1) is 8.15. The number of nitrogens with two attached hydrogens (primary N) is 1. The van der Waals surface area contributed by atoms with E-state index in [1.165, 1.54) is 0 Å². The van der Waals surface area contributed by atoms with Crippen LogP contribution >= 0.6 is 23.2 Å². The minimum atomic E-state index is 0.568. The molecule has 0 saturated carbocycles. The van der Waals surface area contributed by atoms with Crippen LogP contribution in [0.1, 0.15) is 5.56 Å². The van der Waals surface area contributed by atoms with Crippen molar-refractivity contribution in [1.29, 1.82) is 0 Å².